The first-order valence-corrected chi connectivity index (χ1v) is 7.79. The molecule has 1 aliphatic rings. The zero-order valence-corrected chi connectivity index (χ0v) is 13.5. The highest BCUT2D eigenvalue weighted by Gasteiger charge is 2.21. The maximum absolute atomic E-state index is 5.33. The third-order valence-corrected chi connectivity index (χ3v) is 4.39. The predicted octanol–water partition coefficient (Wildman–Crippen LogP) is 2.31. The summed E-state index contributed by atoms with van der Waals surface area (Å²) in [6.45, 7) is 4.27. The summed E-state index contributed by atoms with van der Waals surface area (Å²) in [5.41, 5.74) is 1.29. The fraction of sp³-hybridized carbons (Fsp3) is 0.647. The third kappa shape index (κ3) is 4.70. The van der Waals surface area contributed by atoms with Gasteiger partial charge in [0.25, 0.3) is 0 Å². The summed E-state index contributed by atoms with van der Waals surface area (Å²) in [5.74, 6) is 1.66. The number of methoxy groups -OCH3 is 2. The Kier molecular flexibility index (Phi) is 6.49. The second kappa shape index (κ2) is 8.37. The van der Waals surface area contributed by atoms with Gasteiger partial charge in [-0.2, -0.15) is 0 Å². The second-order valence-electron chi connectivity index (χ2n) is 5.82. The summed E-state index contributed by atoms with van der Waals surface area (Å²) in [5, 5.41) is 3.43. The van der Waals surface area contributed by atoms with Crippen LogP contribution in [-0.2, 0) is 4.74 Å². The Bertz CT molecular complexity index is 417. The molecule has 1 N–H and O–H groups in total. The van der Waals surface area contributed by atoms with Crippen LogP contribution in [0, 0.1) is 5.92 Å². The quantitative estimate of drug-likeness (QED) is 0.836. The number of piperidine rings is 1. The molecular formula is C17H28N2O2. The Labute approximate surface area is 128 Å². The van der Waals surface area contributed by atoms with Gasteiger partial charge in [-0.05, 0) is 56.6 Å². The molecule has 0 amide bonds. The molecule has 1 aliphatic heterocycles. The van der Waals surface area contributed by atoms with Crippen LogP contribution >= 0.6 is 0 Å². The van der Waals surface area contributed by atoms with Crippen molar-refractivity contribution in [3.05, 3.63) is 29.8 Å². The number of nitrogens with zero attached hydrogens (tertiary/aromatic N) is 1. The van der Waals surface area contributed by atoms with Crippen LogP contribution in [0.3, 0.4) is 0 Å². The van der Waals surface area contributed by atoms with Gasteiger partial charge in [-0.3, -0.25) is 0 Å². The molecular weight excluding hydrogens is 264 g/mol. The number of ether oxygens (including phenoxy) is 2. The molecule has 0 radical (unpaired) electrons. The van der Waals surface area contributed by atoms with Crippen LogP contribution in [0.15, 0.2) is 24.3 Å². The molecule has 1 heterocycles. The Balaban J connectivity index is 1.90. The van der Waals surface area contributed by atoms with Gasteiger partial charge in [-0.25, -0.2) is 0 Å². The molecule has 1 unspecified atom stereocenters. The molecule has 2 rings (SSSR count). The van der Waals surface area contributed by atoms with E-state index in [0.29, 0.717) is 6.04 Å². The van der Waals surface area contributed by atoms with Crippen LogP contribution < -0.4 is 10.1 Å². The molecule has 0 bridgehead atoms. The van der Waals surface area contributed by atoms with Crippen LogP contribution in [-0.4, -0.2) is 52.4 Å². The van der Waals surface area contributed by atoms with Gasteiger partial charge in [0.05, 0.1) is 7.11 Å². The van der Waals surface area contributed by atoms with E-state index in [-0.39, 0.29) is 0 Å². The van der Waals surface area contributed by atoms with Gasteiger partial charge in [0.2, 0.25) is 0 Å². The Hall–Kier alpha value is -1.10. The molecule has 1 saturated heterocycles. The molecule has 1 aromatic rings. The monoisotopic (exact) mass is 292 g/mol. The highest BCUT2D eigenvalue weighted by atomic mass is 16.5. The number of likely N-dealkylation sites (N-methyl/N-ethyl adjacent to an activating group) is 1. The van der Waals surface area contributed by atoms with E-state index in [1.54, 1.807) is 14.2 Å². The summed E-state index contributed by atoms with van der Waals surface area (Å²) < 4.78 is 10.6. The van der Waals surface area contributed by atoms with Gasteiger partial charge < -0.3 is 19.7 Å². The van der Waals surface area contributed by atoms with E-state index in [1.165, 1.54) is 18.4 Å². The van der Waals surface area contributed by atoms with Gasteiger partial charge >= 0.3 is 0 Å². The first-order chi connectivity index (χ1) is 10.3. The van der Waals surface area contributed by atoms with Crippen LogP contribution in [0.1, 0.15) is 24.4 Å². The minimum Gasteiger partial charge on any atom is -0.497 e. The number of likely N-dealkylation sites (tertiary alicyclic amines) is 1. The molecule has 21 heavy (non-hydrogen) atoms. The van der Waals surface area contributed by atoms with Crippen LogP contribution in [0.4, 0.5) is 0 Å². The normalized spacial score (nSPS) is 18.6. The smallest absolute Gasteiger partial charge is 0.119 e. The SMILES string of the molecule is CNC(CN1CCC(COC)CC1)c1cccc(OC)c1. The first-order valence-electron chi connectivity index (χ1n) is 7.79. The zero-order valence-electron chi connectivity index (χ0n) is 13.5. The fourth-order valence-corrected chi connectivity index (χ4v) is 3.05. The molecule has 1 atom stereocenters. The number of benzene rings is 1. The first kappa shape index (κ1) is 16.3. The third-order valence-electron chi connectivity index (χ3n) is 4.39. The van der Waals surface area contributed by atoms with Crippen molar-refractivity contribution in [2.45, 2.75) is 18.9 Å². The summed E-state index contributed by atoms with van der Waals surface area (Å²) >= 11 is 0. The van der Waals surface area contributed by atoms with Crippen molar-refractivity contribution in [2.24, 2.45) is 5.92 Å². The number of hydrogen-bond acceptors (Lipinski definition) is 4. The number of rotatable bonds is 7. The molecule has 0 spiro atoms. The zero-order chi connectivity index (χ0) is 15.1. The van der Waals surface area contributed by atoms with E-state index < -0.39 is 0 Å². The lowest BCUT2D eigenvalue weighted by atomic mass is 9.96. The predicted molar refractivity (Wildman–Crippen MR) is 85.8 cm³/mol. The van der Waals surface area contributed by atoms with Gasteiger partial charge in [0.1, 0.15) is 5.75 Å². The lowest BCUT2D eigenvalue weighted by Crippen LogP contribution is -2.40. The lowest BCUT2D eigenvalue weighted by molar-refractivity contribution is 0.0956. The molecule has 0 aliphatic carbocycles. The largest absolute Gasteiger partial charge is 0.497 e. The van der Waals surface area contributed by atoms with Gasteiger partial charge in [0.15, 0.2) is 0 Å². The average molecular weight is 292 g/mol. The highest BCUT2D eigenvalue weighted by molar-refractivity contribution is 5.30. The van der Waals surface area contributed by atoms with E-state index >= 15 is 0 Å². The van der Waals surface area contributed by atoms with Crippen molar-refractivity contribution in [3.8, 4) is 5.75 Å². The number of nitrogens with one attached hydrogen (secondary N) is 1. The van der Waals surface area contributed by atoms with E-state index in [2.05, 4.69) is 28.4 Å². The van der Waals surface area contributed by atoms with Gasteiger partial charge in [0, 0.05) is 26.3 Å². The van der Waals surface area contributed by atoms with E-state index in [1.807, 2.05) is 13.1 Å². The van der Waals surface area contributed by atoms with Gasteiger partial charge in [-0.1, -0.05) is 12.1 Å². The molecule has 0 aromatic heterocycles. The molecule has 1 aromatic carbocycles. The lowest BCUT2D eigenvalue weighted by Gasteiger charge is -2.34. The van der Waals surface area contributed by atoms with Crippen molar-refractivity contribution in [1.82, 2.24) is 10.2 Å². The fourth-order valence-electron chi connectivity index (χ4n) is 3.05. The molecule has 118 valence electrons. The molecule has 4 nitrogen and oxygen atoms in total. The Morgan fingerprint density at radius 2 is 2.05 bits per heavy atom. The Morgan fingerprint density at radius 1 is 1.29 bits per heavy atom. The van der Waals surface area contributed by atoms with Crippen molar-refractivity contribution in [1.29, 1.82) is 0 Å². The van der Waals surface area contributed by atoms with Crippen LogP contribution in [0.2, 0.25) is 0 Å². The average Bonchev–Trinajstić information content (AvgIpc) is 2.54. The van der Waals surface area contributed by atoms with Crippen molar-refractivity contribution < 1.29 is 9.47 Å². The van der Waals surface area contributed by atoms with E-state index in [9.17, 15) is 0 Å². The van der Waals surface area contributed by atoms with Crippen LogP contribution in [0.5, 0.6) is 5.75 Å². The maximum atomic E-state index is 5.33. The standard InChI is InChI=1S/C17H28N2O2/c1-18-17(15-5-4-6-16(11-15)21-3)12-19-9-7-14(8-10-19)13-20-2/h4-6,11,14,17-18H,7-10,12-13H2,1-3H3. The maximum Gasteiger partial charge on any atom is 0.119 e. The summed E-state index contributed by atoms with van der Waals surface area (Å²) in [4.78, 5) is 2.55. The Morgan fingerprint density at radius 3 is 2.67 bits per heavy atom. The molecule has 4 heteroatoms. The summed E-state index contributed by atoms with van der Waals surface area (Å²) in [6, 6.07) is 8.69. The second-order valence-corrected chi connectivity index (χ2v) is 5.82. The van der Waals surface area contributed by atoms with Crippen molar-refractivity contribution >= 4 is 0 Å². The number of hydrogen-bond donors (Lipinski definition) is 1. The molecule has 1 fully saturated rings. The highest BCUT2D eigenvalue weighted by Crippen LogP contribution is 2.23. The van der Waals surface area contributed by atoms with E-state index in [4.69, 9.17) is 9.47 Å². The molecule has 0 saturated carbocycles. The van der Waals surface area contributed by atoms with Crippen molar-refractivity contribution in [3.63, 3.8) is 0 Å². The van der Waals surface area contributed by atoms with Crippen molar-refractivity contribution in [2.75, 3.05) is 47.5 Å². The van der Waals surface area contributed by atoms with E-state index in [0.717, 1.165) is 37.9 Å². The van der Waals surface area contributed by atoms with Gasteiger partial charge in [-0.15, -0.1) is 0 Å². The van der Waals surface area contributed by atoms with Crippen LogP contribution in [0.25, 0.3) is 0 Å². The topological polar surface area (TPSA) is 33.7 Å². The summed E-state index contributed by atoms with van der Waals surface area (Å²) in [7, 11) is 5.54. The summed E-state index contributed by atoms with van der Waals surface area (Å²) in [6.07, 6.45) is 2.48. The minimum absolute atomic E-state index is 0.346. The minimum atomic E-state index is 0.346.